The molecule has 2 N–H and O–H groups in total. The molecule has 0 spiro atoms. The molecule has 2 amide bonds. The van der Waals surface area contributed by atoms with Gasteiger partial charge in [-0.3, -0.25) is 0 Å². The van der Waals surface area contributed by atoms with Crippen molar-refractivity contribution >= 4 is 11.7 Å². The van der Waals surface area contributed by atoms with Crippen LogP contribution in [0.25, 0.3) is 5.82 Å². The third-order valence-corrected chi connectivity index (χ3v) is 4.98. The van der Waals surface area contributed by atoms with Gasteiger partial charge in [0, 0.05) is 24.1 Å². The minimum Gasteiger partial charge on any atom is -0.338 e. The van der Waals surface area contributed by atoms with E-state index >= 15 is 0 Å². The smallest absolute Gasteiger partial charge is 0.319 e. The molecule has 0 fully saturated rings. The highest BCUT2D eigenvalue weighted by Crippen LogP contribution is 2.23. The van der Waals surface area contributed by atoms with Crippen LogP contribution in [0.5, 0.6) is 0 Å². The predicted molar refractivity (Wildman–Crippen MR) is 117 cm³/mol. The molecule has 1 aromatic carbocycles. The first kappa shape index (κ1) is 20.6. The monoisotopic (exact) mass is 391 g/mol. The van der Waals surface area contributed by atoms with E-state index in [1.165, 1.54) is 5.56 Å². The Labute approximate surface area is 172 Å². The summed E-state index contributed by atoms with van der Waals surface area (Å²) in [7, 11) is 0. The summed E-state index contributed by atoms with van der Waals surface area (Å²) in [6.07, 6.45) is 2.46. The Morgan fingerprint density at radius 3 is 2.41 bits per heavy atom. The molecule has 3 rings (SSSR count). The fraction of sp³-hybridized carbons (Fsp3) is 0.348. The molecule has 0 saturated heterocycles. The highest BCUT2D eigenvalue weighted by atomic mass is 16.2. The molecule has 0 bridgehead atoms. The number of hydrogen-bond donors (Lipinski definition) is 2. The van der Waals surface area contributed by atoms with Gasteiger partial charge in [-0.1, -0.05) is 39.0 Å². The Balaban J connectivity index is 1.56. The molecule has 6 heteroatoms. The van der Waals surface area contributed by atoms with Gasteiger partial charge in [-0.15, -0.1) is 0 Å². The Bertz CT molecular complexity index is 969. The van der Waals surface area contributed by atoms with Crippen molar-refractivity contribution in [3.63, 3.8) is 0 Å². The second-order valence-electron chi connectivity index (χ2n) is 8.21. The minimum atomic E-state index is -0.207. The first-order chi connectivity index (χ1) is 13.8. The summed E-state index contributed by atoms with van der Waals surface area (Å²) in [4.78, 5) is 16.6. The second kappa shape index (κ2) is 8.47. The molecule has 29 heavy (non-hydrogen) atoms. The number of anilines is 1. The van der Waals surface area contributed by atoms with Crippen molar-refractivity contribution in [2.45, 2.75) is 46.5 Å². The SMILES string of the molecule is Cc1nn(-c2ccccn2)c(C)c1CCNC(=O)Nc1ccc(C(C)(C)C)cc1. The third kappa shape index (κ3) is 5.02. The van der Waals surface area contributed by atoms with E-state index in [1.807, 2.05) is 61.0 Å². The van der Waals surface area contributed by atoms with Crippen LogP contribution in [0.2, 0.25) is 0 Å². The van der Waals surface area contributed by atoms with E-state index < -0.39 is 0 Å². The van der Waals surface area contributed by atoms with E-state index in [4.69, 9.17) is 0 Å². The number of aryl methyl sites for hydroxylation is 1. The van der Waals surface area contributed by atoms with Crippen LogP contribution in [0, 0.1) is 13.8 Å². The van der Waals surface area contributed by atoms with E-state index in [9.17, 15) is 4.79 Å². The maximum Gasteiger partial charge on any atom is 0.319 e. The number of carbonyl (C=O) groups excluding carboxylic acids is 1. The average Bonchev–Trinajstić information content (AvgIpc) is 2.96. The minimum absolute atomic E-state index is 0.0935. The molecule has 0 aliphatic heterocycles. The molecule has 6 nitrogen and oxygen atoms in total. The van der Waals surface area contributed by atoms with Crippen molar-refractivity contribution in [2.75, 3.05) is 11.9 Å². The van der Waals surface area contributed by atoms with Gasteiger partial charge in [0.25, 0.3) is 0 Å². The van der Waals surface area contributed by atoms with Crippen LogP contribution >= 0.6 is 0 Å². The highest BCUT2D eigenvalue weighted by Gasteiger charge is 2.14. The number of nitrogens with one attached hydrogen (secondary N) is 2. The van der Waals surface area contributed by atoms with Gasteiger partial charge in [-0.25, -0.2) is 14.5 Å². The zero-order valence-electron chi connectivity index (χ0n) is 17.8. The number of nitrogens with zero attached hydrogens (tertiary/aromatic N) is 3. The maximum atomic E-state index is 12.2. The number of hydrogen-bond acceptors (Lipinski definition) is 3. The quantitative estimate of drug-likeness (QED) is 0.670. The number of benzene rings is 1. The number of carbonyl (C=O) groups is 1. The van der Waals surface area contributed by atoms with Crippen molar-refractivity contribution in [2.24, 2.45) is 0 Å². The van der Waals surface area contributed by atoms with Gasteiger partial charge in [0.15, 0.2) is 5.82 Å². The van der Waals surface area contributed by atoms with Gasteiger partial charge in [0.1, 0.15) is 0 Å². The summed E-state index contributed by atoms with van der Waals surface area (Å²) in [5.41, 5.74) is 5.24. The molecular weight excluding hydrogens is 362 g/mol. The molecule has 2 heterocycles. The molecule has 0 radical (unpaired) electrons. The second-order valence-corrected chi connectivity index (χ2v) is 8.21. The molecular formula is C23H29N5O. The van der Waals surface area contributed by atoms with Crippen molar-refractivity contribution in [3.05, 3.63) is 71.2 Å². The van der Waals surface area contributed by atoms with Crippen LogP contribution in [-0.2, 0) is 11.8 Å². The lowest BCUT2D eigenvalue weighted by Crippen LogP contribution is -2.30. The molecule has 0 unspecified atom stereocenters. The van der Waals surface area contributed by atoms with E-state index in [2.05, 4.69) is 41.5 Å². The summed E-state index contributed by atoms with van der Waals surface area (Å²) in [5.74, 6) is 0.795. The Kier molecular flexibility index (Phi) is 6.01. The number of pyridine rings is 1. The fourth-order valence-electron chi connectivity index (χ4n) is 3.27. The van der Waals surface area contributed by atoms with Crippen molar-refractivity contribution in [1.29, 1.82) is 0 Å². The van der Waals surface area contributed by atoms with Crippen LogP contribution in [0.3, 0.4) is 0 Å². The predicted octanol–water partition coefficient (Wildman–Crippen LogP) is 4.55. The van der Waals surface area contributed by atoms with E-state index in [0.717, 1.165) is 28.5 Å². The van der Waals surface area contributed by atoms with Gasteiger partial charge in [0.05, 0.1) is 5.69 Å². The molecule has 152 valence electrons. The molecule has 3 aromatic rings. The van der Waals surface area contributed by atoms with E-state index in [-0.39, 0.29) is 11.4 Å². The van der Waals surface area contributed by atoms with Crippen molar-refractivity contribution in [1.82, 2.24) is 20.1 Å². The van der Waals surface area contributed by atoms with Crippen LogP contribution < -0.4 is 10.6 Å². The fourth-order valence-corrected chi connectivity index (χ4v) is 3.27. The lowest BCUT2D eigenvalue weighted by atomic mass is 9.87. The van der Waals surface area contributed by atoms with Gasteiger partial charge < -0.3 is 10.6 Å². The molecule has 0 aliphatic rings. The van der Waals surface area contributed by atoms with E-state index in [1.54, 1.807) is 6.20 Å². The topological polar surface area (TPSA) is 71.8 Å². The van der Waals surface area contributed by atoms with Gasteiger partial charge >= 0.3 is 6.03 Å². The number of urea groups is 1. The number of aromatic nitrogens is 3. The van der Waals surface area contributed by atoms with Crippen LogP contribution in [0.1, 0.15) is 43.3 Å². The van der Waals surface area contributed by atoms with Gasteiger partial charge in [-0.2, -0.15) is 5.10 Å². The van der Waals surface area contributed by atoms with E-state index in [0.29, 0.717) is 13.0 Å². The van der Waals surface area contributed by atoms with Crippen molar-refractivity contribution in [3.8, 4) is 5.82 Å². The summed E-state index contributed by atoms with van der Waals surface area (Å²) in [6, 6.07) is 13.5. The summed E-state index contributed by atoms with van der Waals surface area (Å²) >= 11 is 0. The van der Waals surface area contributed by atoms with Crippen LogP contribution in [0.15, 0.2) is 48.7 Å². The number of rotatable bonds is 5. The summed E-state index contributed by atoms with van der Waals surface area (Å²) in [5, 5.41) is 10.4. The first-order valence-electron chi connectivity index (χ1n) is 9.87. The number of amides is 2. The molecule has 0 saturated carbocycles. The molecule has 0 atom stereocenters. The highest BCUT2D eigenvalue weighted by molar-refractivity contribution is 5.89. The Hall–Kier alpha value is -3.15. The standard InChI is InChI=1S/C23H29N5O/c1-16-20(17(2)28(27-16)21-8-6-7-14-24-21)13-15-25-22(29)26-19-11-9-18(10-12-19)23(3,4)5/h6-12,14H,13,15H2,1-5H3,(H2,25,26,29). The van der Waals surface area contributed by atoms with Crippen LogP contribution in [0.4, 0.5) is 10.5 Å². The molecule has 2 aromatic heterocycles. The van der Waals surface area contributed by atoms with Gasteiger partial charge in [-0.05, 0) is 61.1 Å². The van der Waals surface area contributed by atoms with Crippen molar-refractivity contribution < 1.29 is 4.79 Å². The lowest BCUT2D eigenvalue weighted by molar-refractivity contribution is 0.252. The largest absolute Gasteiger partial charge is 0.338 e. The Morgan fingerprint density at radius 2 is 1.79 bits per heavy atom. The van der Waals surface area contributed by atoms with Gasteiger partial charge in [0.2, 0.25) is 0 Å². The molecule has 0 aliphatic carbocycles. The summed E-state index contributed by atoms with van der Waals surface area (Å²) < 4.78 is 1.85. The summed E-state index contributed by atoms with van der Waals surface area (Å²) in [6.45, 7) is 11.0. The van der Waals surface area contributed by atoms with Crippen LogP contribution in [-0.4, -0.2) is 27.3 Å². The normalized spacial score (nSPS) is 11.3. The maximum absolute atomic E-state index is 12.2. The zero-order valence-corrected chi connectivity index (χ0v) is 17.8. The lowest BCUT2D eigenvalue weighted by Gasteiger charge is -2.19. The third-order valence-electron chi connectivity index (χ3n) is 4.98. The Morgan fingerprint density at radius 1 is 1.07 bits per heavy atom. The first-order valence-corrected chi connectivity index (χ1v) is 9.87. The average molecular weight is 392 g/mol. The zero-order chi connectivity index (χ0) is 21.0.